The molecule has 1 aliphatic carbocycles. The number of hydrogen-bond donors (Lipinski definition) is 2. The van der Waals surface area contributed by atoms with E-state index in [1.807, 2.05) is 36.4 Å². The van der Waals surface area contributed by atoms with E-state index in [4.69, 9.17) is 0 Å². The van der Waals surface area contributed by atoms with Gasteiger partial charge in [0.2, 0.25) is 0 Å². The summed E-state index contributed by atoms with van der Waals surface area (Å²) in [4.78, 5) is 0. The lowest BCUT2D eigenvalue weighted by atomic mass is 9.86. The number of fused-ring (bicyclic) bond motifs is 1. The first kappa shape index (κ1) is 12.4. The summed E-state index contributed by atoms with van der Waals surface area (Å²) < 4.78 is 0. The standard InChI is InChI=1S/C17H19NO/c19-17-15-9-5-4-8-14(15)10-11-16(17)18-12-13-6-2-1-3-7-13/h1-9,16-19H,10-12H2. The number of rotatable bonds is 3. The zero-order valence-electron chi connectivity index (χ0n) is 10.9. The van der Waals surface area contributed by atoms with Gasteiger partial charge in [0.1, 0.15) is 0 Å². The highest BCUT2D eigenvalue weighted by atomic mass is 16.3. The van der Waals surface area contributed by atoms with Gasteiger partial charge in [0.15, 0.2) is 0 Å². The van der Waals surface area contributed by atoms with Crippen LogP contribution in [0.4, 0.5) is 0 Å². The molecule has 3 rings (SSSR count). The number of aliphatic hydroxyl groups is 1. The maximum atomic E-state index is 10.4. The predicted octanol–water partition coefficient (Wildman–Crippen LogP) is 2.82. The molecule has 2 atom stereocenters. The van der Waals surface area contributed by atoms with Crippen molar-refractivity contribution >= 4 is 0 Å². The first-order valence-corrected chi connectivity index (χ1v) is 6.88. The van der Waals surface area contributed by atoms with Crippen LogP contribution in [0.15, 0.2) is 54.6 Å². The summed E-state index contributed by atoms with van der Waals surface area (Å²) in [6.45, 7) is 0.810. The second kappa shape index (κ2) is 5.55. The summed E-state index contributed by atoms with van der Waals surface area (Å²) in [7, 11) is 0. The Morgan fingerprint density at radius 3 is 2.58 bits per heavy atom. The predicted molar refractivity (Wildman–Crippen MR) is 76.8 cm³/mol. The van der Waals surface area contributed by atoms with Crippen molar-refractivity contribution in [2.24, 2.45) is 0 Å². The fourth-order valence-electron chi connectivity index (χ4n) is 2.79. The molecule has 2 aromatic rings. The van der Waals surface area contributed by atoms with Crippen LogP contribution in [0, 0.1) is 0 Å². The van der Waals surface area contributed by atoms with E-state index in [9.17, 15) is 5.11 Å². The Bertz CT molecular complexity index is 538. The van der Waals surface area contributed by atoms with E-state index in [1.165, 1.54) is 11.1 Å². The molecule has 2 aromatic carbocycles. The molecule has 0 saturated heterocycles. The molecule has 0 spiro atoms. The number of aryl methyl sites for hydroxylation is 1. The van der Waals surface area contributed by atoms with Crippen molar-refractivity contribution in [2.45, 2.75) is 31.5 Å². The minimum atomic E-state index is -0.395. The fourth-order valence-corrected chi connectivity index (χ4v) is 2.79. The van der Waals surface area contributed by atoms with Crippen LogP contribution in [-0.2, 0) is 13.0 Å². The van der Waals surface area contributed by atoms with E-state index in [0.717, 1.165) is 24.9 Å². The van der Waals surface area contributed by atoms with E-state index < -0.39 is 6.10 Å². The molecule has 0 bridgehead atoms. The van der Waals surface area contributed by atoms with Gasteiger partial charge in [-0.15, -0.1) is 0 Å². The molecule has 2 nitrogen and oxygen atoms in total. The van der Waals surface area contributed by atoms with Crippen LogP contribution in [0.1, 0.15) is 29.2 Å². The van der Waals surface area contributed by atoms with Crippen LogP contribution in [0.3, 0.4) is 0 Å². The summed E-state index contributed by atoms with van der Waals surface area (Å²) in [6, 6.07) is 18.7. The zero-order chi connectivity index (χ0) is 13.1. The van der Waals surface area contributed by atoms with Crippen LogP contribution in [0.5, 0.6) is 0 Å². The third-order valence-corrected chi connectivity index (χ3v) is 3.89. The SMILES string of the molecule is OC1c2ccccc2CCC1NCc1ccccc1. The van der Waals surface area contributed by atoms with Gasteiger partial charge in [-0.25, -0.2) is 0 Å². The topological polar surface area (TPSA) is 32.3 Å². The van der Waals surface area contributed by atoms with Crippen molar-refractivity contribution in [3.05, 3.63) is 71.3 Å². The van der Waals surface area contributed by atoms with Crippen molar-refractivity contribution in [2.75, 3.05) is 0 Å². The largest absolute Gasteiger partial charge is 0.387 e. The third kappa shape index (κ3) is 2.70. The van der Waals surface area contributed by atoms with Crippen molar-refractivity contribution in [1.29, 1.82) is 0 Å². The molecule has 0 amide bonds. The van der Waals surface area contributed by atoms with Crippen LogP contribution >= 0.6 is 0 Å². The molecule has 19 heavy (non-hydrogen) atoms. The van der Waals surface area contributed by atoms with Crippen molar-refractivity contribution in [1.82, 2.24) is 5.32 Å². The second-order valence-electron chi connectivity index (χ2n) is 5.16. The van der Waals surface area contributed by atoms with Gasteiger partial charge >= 0.3 is 0 Å². The summed E-state index contributed by atoms with van der Waals surface area (Å²) in [6.07, 6.45) is 1.64. The highest BCUT2D eigenvalue weighted by Gasteiger charge is 2.26. The molecule has 2 N–H and O–H groups in total. The molecule has 1 aliphatic rings. The molecule has 0 saturated carbocycles. The Kier molecular flexibility index (Phi) is 3.62. The molecule has 2 unspecified atom stereocenters. The Hall–Kier alpha value is -1.64. The minimum absolute atomic E-state index is 0.148. The second-order valence-corrected chi connectivity index (χ2v) is 5.16. The molecule has 0 aromatic heterocycles. The lowest BCUT2D eigenvalue weighted by Gasteiger charge is -2.31. The Balaban J connectivity index is 1.68. The highest BCUT2D eigenvalue weighted by Crippen LogP contribution is 2.29. The zero-order valence-corrected chi connectivity index (χ0v) is 10.9. The lowest BCUT2D eigenvalue weighted by molar-refractivity contribution is 0.114. The van der Waals surface area contributed by atoms with E-state index in [1.54, 1.807) is 0 Å². The number of nitrogens with one attached hydrogen (secondary N) is 1. The summed E-state index contributed by atoms with van der Waals surface area (Å²) in [5.41, 5.74) is 3.63. The first-order valence-electron chi connectivity index (χ1n) is 6.88. The van der Waals surface area contributed by atoms with Crippen LogP contribution in [0.25, 0.3) is 0 Å². The maximum absolute atomic E-state index is 10.4. The summed E-state index contributed by atoms with van der Waals surface area (Å²) in [5.74, 6) is 0. The lowest BCUT2D eigenvalue weighted by Crippen LogP contribution is -2.37. The van der Waals surface area contributed by atoms with E-state index in [-0.39, 0.29) is 6.04 Å². The van der Waals surface area contributed by atoms with Crippen molar-refractivity contribution < 1.29 is 5.11 Å². The van der Waals surface area contributed by atoms with Crippen LogP contribution in [-0.4, -0.2) is 11.1 Å². The van der Waals surface area contributed by atoms with Gasteiger partial charge in [-0.3, -0.25) is 0 Å². The summed E-state index contributed by atoms with van der Waals surface area (Å²) >= 11 is 0. The minimum Gasteiger partial charge on any atom is -0.387 e. The van der Waals surface area contributed by atoms with E-state index in [2.05, 4.69) is 23.5 Å². The normalized spacial score (nSPS) is 21.9. The molecule has 2 heteroatoms. The number of benzene rings is 2. The van der Waals surface area contributed by atoms with Gasteiger partial charge in [0, 0.05) is 12.6 Å². The Morgan fingerprint density at radius 1 is 1.00 bits per heavy atom. The fraction of sp³-hybridized carbons (Fsp3) is 0.294. The van der Waals surface area contributed by atoms with Crippen LogP contribution < -0.4 is 5.32 Å². The molecule has 0 fully saturated rings. The van der Waals surface area contributed by atoms with E-state index in [0.29, 0.717) is 0 Å². The van der Waals surface area contributed by atoms with E-state index >= 15 is 0 Å². The number of aliphatic hydroxyl groups excluding tert-OH is 1. The monoisotopic (exact) mass is 253 g/mol. The van der Waals surface area contributed by atoms with Crippen molar-refractivity contribution in [3.63, 3.8) is 0 Å². The van der Waals surface area contributed by atoms with Crippen molar-refractivity contribution in [3.8, 4) is 0 Å². The molecular weight excluding hydrogens is 234 g/mol. The molecule has 0 radical (unpaired) electrons. The smallest absolute Gasteiger partial charge is 0.0945 e. The van der Waals surface area contributed by atoms with Gasteiger partial charge in [-0.1, -0.05) is 54.6 Å². The van der Waals surface area contributed by atoms with Gasteiger partial charge in [0.25, 0.3) is 0 Å². The average molecular weight is 253 g/mol. The first-order chi connectivity index (χ1) is 9.34. The Morgan fingerprint density at radius 2 is 1.74 bits per heavy atom. The number of hydrogen-bond acceptors (Lipinski definition) is 2. The van der Waals surface area contributed by atoms with Gasteiger partial charge in [-0.2, -0.15) is 0 Å². The molecule has 98 valence electrons. The molecule has 0 aliphatic heterocycles. The molecule has 0 heterocycles. The quantitative estimate of drug-likeness (QED) is 0.881. The third-order valence-electron chi connectivity index (χ3n) is 3.89. The highest BCUT2D eigenvalue weighted by molar-refractivity contribution is 5.32. The maximum Gasteiger partial charge on any atom is 0.0945 e. The van der Waals surface area contributed by atoms with Gasteiger partial charge in [0.05, 0.1) is 6.10 Å². The van der Waals surface area contributed by atoms with Gasteiger partial charge < -0.3 is 10.4 Å². The Labute approximate surface area is 114 Å². The van der Waals surface area contributed by atoms with Gasteiger partial charge in [-0.05, 0) is 29.5 Å². The summed E-state index contributed by atoms with van der Waals surface area (Å²) in [5, 5.41) is 13.9. The molecular formula is C17H19NO. The van der Waals surface area contributed by atoms with Crippen LogP contribution in [0.2, 0.25) is 0 Å². The average Bonchev–Trinajstić information content (AvgIpc) is 2.48.